The fraction of sp³-hybridized carbons (Fsp3) is 0.304. The molecule has 5 heteroatoms. The predicted molar refractivity (Wildman–Crippen MR) is 111 cm³/mol. The van der Waals surface area contributed by atoms with Crippen molar-refractivity contribution in [3.05, 3.63) is 71.8 Å². The second-order valence-corrected chi connectivity index (χ2v) is 7.00. The molecule has 2 aromatic rings. The molecular formula is C23H26N2O3. The van der Waals surface area contributed by atoms with E-state index in [1.807, 2.05) is 60.7 Å². The maximum absolute atomic E-state index is 12.5. The van der Waals surface area contributed by atoms with Crippen molar-refractivity contribution < 1.29 is 14.7 Å². The average molecular weight is 378 g/mol. The van der Waals surface area contributed by atoms with Crippen LogP contribution in [0.15, 0.2) is 60.7 Å². The largest absolute Gasteiger partial charge is 0.396 e. The quantitative estimate of drug-likeness (QED) is 0.759. The Morgan fingerprint density at radius 3 is 2.36 bits per heavy atom. The Labute approximate surface area is 165 Å². The third-order valence-electron chi connectivity index (χ3n) is 5.02. The molecule has 2 amide bonds. The number of carbonyl (C=O) groups is 2. The van der Waals surface area contributed by atoms with Crippen LogP contribution >= 0.6 is 0 Å². The summed E-state index contributed by atoms with van der Waals surface area (Å²) in [6.45, 7) is 1.29. The van der Waals surface area contributed by atoms with E-state index in [1.165, 1.54) is 0 Å². The summed E-state index contributed by atoms with van der Waals surface area (Å²) in [6, 6.07) is 17.3. The van der Waals surface area contributed by atoms with Crippen LogP contribution in [0.4, 0.5) is 5.69 Å². The number of piperidine rings is 1. The van der Waals surface area contributed by atoms with Crippen molar-refractivity contribution in [2.24, 2.45) is 5.92 Å². The Hall–Kier alpha value is -2.92. The van der Waals surface area contributed by atoms with Gasteiger partial charge in [0.25, 0.3) is 0 Å². The molecule has 0 aromatic heterocycles. The van der Waals surface area contributed by atoms with E-state index in [0.29, 0.717) is 32.4 Å². The Morgan fingerprint density at radius 2 is 1.71 bits per heavy atom. The highest BCUT2D eigenvalue weighted by molar-refractivity contribution is 5.94. The smallest absolute Gasteiger partial charge is 0.246 e. The highest BCUT2D eigenvalue weighted by Crippen LogP contribution is 2.20. The molecule has 1 aliphatic rings. The molecule has 1 fully saturated rings. The van der Waals surface area contributed by atoms with Gasteiger partial charge in [0.05, 0.1) is 0 Å². The van der Waals surface area contributed by atoms with Crippen LogP contribution in [0.3, 0.4) is 0 Å². The lowest BCUT2D eigenvalue weighted by Gasteiger charge is -2.30. The number of benzene rings is 2. The van der Waals surface area contributed by atoms with Gasteiger partial charge in [-0.05, 0) is 48.6 Å². The number of aliphatic hydroxyl groups is 1. The average Bonchev–Trinajstić information content (AvgIpc) is 2.74. The summed E-state index contributed by atoms with van der Waals surface area (Å²) in [6.07, 6.45) is 5.36. The van der Waals surface area contributed by atoms with Crippen molar-refractivity contribution in [2.75, 3.05) is 25.0 Å². The minimum Gasteiger partial charge on any atom is -0.396 e. The Kier molecular flexibility index (Phi) is 6.98. The van der Waals surface area contributed by atoms with E-state index in [1.54, 1.807) is 11.0 Å². The molecule has 3 rings (SSSR count). The molecule has 0 unspecified atom stereocenters. The first-order valence-corrected chi connectivity index (χ1v) is 9.68. The molecule has 0 bridgehead atoms. The van der Waals surface area contributed by atoms with Gasteiger partial charge < -0.3 is 15.3 Å². The van der Waals surface area contributed by atoms with Gasteiger partial charge >= 0.3 is 0 Å². The van der Waals surface area contributed by atoms with Crippen LogP contribution in [-0.2, 0) is 16.0 Å². The van der Waals surface area contributed by atoms with Crippen molar-refractivity contribution in [3.63, 3.8) is 0 Å². The third kappa shape index (κ3) is 5.54. The zero-order valence-electron chi connectivity index (χ0n) is 15.9. The number of nitrogens with one attached hydrogen (secondary N) is 1. The topological polar surface area (TPSA) is 69.6 Å². The van der Waals surface area contributed by atoms with Crippen LogP contribution < -0.4 is 5.32 Å². The molecule has 0 radical (unpaired) electrons. The first-order chi connectivity index (χ1) is 13.7. The molecule has 5 nitrogen and oxygen atoms in total. The predicted octanol–water partition coefficient (Wildman–Crippen LogP) is 3.11. The SMILES string of the molecule is O=C(Nc1ccc(CCO)cc1)C1CCN(C(=O)/C=C/c2ccccc2)CC1. The summed E-state index contributed by atoms with van der Waals surface area (Å²) in [5.41, 5.74) is 2.79. The van der Waals surface area contributed by atoms with Gasteiger partial charge in [0.2, 0.25) is 11.8 Å². The minimum absolute atomic E-state index is 0.00170. The van der Waals surface area contributed by atoms with Gasteiger partial charge in [0.1, 0.15) is 0 Å². The highest BCUT2D eigenvalue weighted by Gasteiger charge is 2.26. The van der Waals surface area contributed by atoms with E-state index in [4.69, 9.17) is 5.11 Å². The summed E-state index contributed by atoms with van der Waals surface area (Å²) in [4.78, 5) is 26.6. The summed E-state index contributed by atoms with van der Waals surface area (Å²) < 4.78 is 0. The number of rotatable bonds is 6. The number of likely N-dealkylation sites (tertiary alicyclic amines) is 1. The molecular weight excluding hydrogens is 352 g/mol. The van der Waals surface area contributed by atoms with Gasteiger partial charge in [0.15, 0.2) is 0 Å². The second kappa shape index (κ2) is 9.85. The Balaban J connectivity index is 1.47. The van der Waals surface area contributed by atoms with E-state index in [0.717, 1.165) is 16.8 Å². The first-order valence-electron chi connectivity index (χ1n) is 9.68. The van der Waals surface area contributed by atoms with Crippen molar-refractivity contribution in [1.82, 2.24) is 4.90 Å². The van der Waals surface area contributed by atoms with Crippen molar-refractivity contribution in [3.8, 4) is 0 Å². The van der Waals surface area contributed by atoms with Gasteiger partial charge in [-0.3, -0.25) is 9.59 Å². The molecule has 1 heterocycles. The number of hydrogen-bond donors (Lipinski definition) is 2. The monoisotopic (exact) mass is 378 g/mol. The molecule has 0 saturated carbocycles. The van der Waals surface area contributed by atoms with Crippen molar-refractivity contribution in [1.29, 1.82) is 0 Å². The molecule has 0 atom stereocenters. The van der Waals surface area contributed by atoms with Gasteiger partial charge in [-0.15, -0.1) is 0 Å². The van der Waals surface area contributed by atoms with Crippen LogP contribution in [-0.4, -0.2) is 41.5 Å². The summed E-state index contributed by atoms with van der Waals surface area (Å²) in [5.74, 6) is -0.0942. The van der Waals surface area contributed by atoms with Gasteiger partial charge in [-0.25, -0.2) is 0 Å². The van der Waals surface area contributed by atoms with Crippen LogP contribution in [0.2, 0.25) is 0 Å². The molecule has 1 saturated heterocycles. The zero-order chi connectivity index (χ0) is 19.8. The van der Waals surface area contributed by atoms with Crippen LogP contribution in [0.5, 0.6) is 0 Å². The lowest BCUT2D eigenvalue weighted by molar-refractivity contribution is -0.130. The van der Waals surface area contributed by atoms with E-state index < -0.39 is 0 Å². The lowest BCUT2D eigenvalue weighted by atomic mass is 9.95. The Bertz CT molecular complexity index is 808. The van der Waals surface area contributed by atoms with Gasteiger partial charge in [0, 0.05) is 37.4 Å². The van der Waals surface area contributed by atoms with Crippen LogP contribution in [0.25, 0.3) is 6.08 Å². The maximum atomic E-state index is 12.5. The standard InChI is InChI=1S/C23H26N2O3/c26-17-14-19-6-9-21(10-7-19)24-23(28)20-12-15-25(16-13-20)22(27)11-8-18-4-2-1-3-5-18/h1-11,20,26H,12-17H2,(H,24,28)/b11-8+. The maximum Gasteiger partial charge on any atom is 0.246 e. The highest BCUT2D eigenvalue weighted by atomic mass is 16.3. The van der Waals surface area contributed by atoms with Crippen molar-refractivity contribution >= 4 is 23.6 Å². The van der Waals surface area contributed by atoms with E-state index in [-0.39, 0.29) is 24.3 Å². The molecule has 2 N–H and O–H groups in total. The summed E-state index contributed by atoms with van der Waals surface area (Å²) in [7, 11) is 0. The van der Waals surface area contributed by atoms with Crippen molar-refractivity contribution in [2.45, 2.75) is 19.3 Å². The first kappa shape index (κ1) is 19.8. The number of aliphatic hydroxyl groups excluding tert-OH is 1. The number of nitrogens with zero attached hydrogens (tertiary/aromatic N) is 1. The lowest BCUT2D eigenvalue weighted by Crippen LogP contribution is -2.40. The van der Waals surface area contributed by atoms with E-state index in [9.17, 15) is 9.59 Å². The molecule has 146 valence electrons. The normalized spacial score (nSPS) is 15.0. The van der Waals surface area contributed by atoms with E-state index in [2.05, 4.69) is 5.32 Å². The van der Waals surface area contributed by atoms with Crippen LogP contribution in [0, 0.1) is 5.92 Å². The number of carbonyl (C=O) groups excluding carboxylic acids is 2. The second-order valence-electron chi connectivity index (χ2n) is 7.00. The molecule has 1 aliphatic heterocycles. The van der Waals surface area contributed by atoms with Gasteiger partial charge in [-0.2, -0.15) is 0 Å². The molecule has 0 spiro atoms. The molecule has 2 aromatic carbocycles. The summed E-state index contributed by atoms with van der Waals surface area (Å²) in [5, 5.41) is 11.9. The van der Waals surface area contributed by atoms with E-state index >= 15 is 0 Å². The van der Waals surface area contributed by atoms with Crippen LogP contribution in [0.1, 0.15) is 24.0 Å². The fourth-order valence-corrected chi connectivity index (χ4v) is 3.33. The number of amides is 2. The fourth-order valence-electron chi connectivity index (χ4n) is 3.33. The molecule has 28 heavy (non-hydrogen) atoms. The third-order valence-corrected chi connectivity index (χ3v) is 5.02. The number of anilines is 1. The molecule has 0 aliphatic carbocycles. The number of hydrogen-bond acceptors (Lipinski definition) is 3. The zero-order valence-corrected chi connectivity index (χ0v) is 15.9. The summed E-state index contributed by atoms with van der Waals surface area (Å²) >= 11 is 0. The Morgan fingerprint density at radius 1 is 1.04 bits per heavy atom. The van der Waals surface area contributed by atoms with Gasteiger partial charge in [-0.1, -0.05) is 42.5 Å². The minimum atomic E-state index is -0.0840.